The molecule has 0 fully saturated rings. The highest BCUT2D eigenvalue weighted by atomic mass is 16.1. The summed E-state index contributed by atoms with van der Waals surface area (Å²) in [4.78, 5) is 26.9. The molecule has 8 nitrogen and oxygen atoms in total. The lowest BCUT2D eigenvalue weighted by Crippen LogP contribution is -2.23. The van der Waals surface area contributed by atoms with Gasteiger partial charge in [0.25, 0.3) is 5.91 Å². The largest absolute Gasteiger partial charge is 0.383 e. The van der Waals surface area contributed by atoms with E-state index in [0.29, 0.717) is 23.6 Å². The Hall–Kier alpha value is -3.42. The molecule has 0 bridgehead atoms. The molecule has 0 aliphatic heterocycles. The SMILES string of the molecule is C=C(/C=N\c1nc(N)nc(N)c1C(C)C)CCN(C)c1ccc(C(=O)NC)c(C)c1C. The van der Waals surface area contributed by atoms with Gasteiger partial charge in [-0.25, -0.2) is 4.99 Å². The summed E-state index contributed by atoms with van der Waals surface area (Å²) >= 11 is 0. The minimum Gasteiger partial charge on any atom is -0.383 e. The topological polar surface area (TPSA) is 123 Å². The molecule has 0 aliphatic carbocycles. The van der Waals surface area contributed by atoms with Crippen LogP contribution in [0, 0.1) is 13.8 Å². The number of aromatic nitrogens is 2. The first-order valence-corrected chi connectivity index (χ1v) is 10.2. The molecule has 0 spiro atoms. The fourth-order valence-corrected chi connectivity index (χ4v) is 3.39. The predicted molar refractivity (Wildman–Crippen MR) is 129 cm³/mol. The van der Waals surface area contributed by atoms with Gasteiger partial charge >= 0.3 is 0 Å². The van der Waals surface area contributed by atoms with E-state index < -0.39 is 0 Å². The van der Waals surface area contributed by atoms with Crippen molar-refractivity contribution >= 4 is 35.4 Å². The lowest BCUT2D eigenvalue weighted by Gasteiger charge is -2.23. The average molecular weight is 424 g/mol. The molecule has 8 heteroatoms. The molecule has 1 amide bonds. The second kappa shape index (κ2) is 10.1. The molecule has 2 rings (SSSR count). The van der Waals surface area contributed by atoms with Gasteiger partial charge in [-0.3, -0.25) is 4.79 Å². The van der Waals surface area contributed by atoms with Crippen LogP contribution in [0.5, 0.6) is 0 Å². The van der Waals surface area contributed by atoms with E-state index in [2.05, 4.69) is 31.8 Å². The van der Waals surface area contributed by atoms with E-state index in [-0.39, 0.29) is 17.8 Å². The smallest absolute Gasteiger partial charge is 0.251 e. The van der Waals surface area contributed by atoms with Crippen molar-refractivity contribution in [3.8, 4) is 0 Å². The number of hydrogen-bond donors (Lipinski definition) is 3. The lowest BCUT2D eigenvalue weighted by molar-refractivity contribution is 0.0962. The highest BCUT2D eigenvalue weighted by Crippen LogP contribution is 2.30. The van der Waals surface area contributed by atoms with Crippen molar-refractivity contribution in [3.05, 3.63) is 46.5 Å². The van der Waals surface area contributed by atoms with E-state index in [1.54, 1.807) is 13.3 Å². The zero-order valence-corrected chi connectivity index (χ0v) is 19.3. The number of benzene rings is 1. The summed E-state index contributed by atoms with van der Waals surface area (Å²) < 4.78 is 0. The Morgan fingerprint density at radius 1 is 1.26 bits per heavy atom. The number of nitrogens with zero attached hydrogens (tertiary/aromatic N) is 4. The van der Waals surface area contributed by atoms with E-state index in [9.17, 15) is 4.79 Å². The van der Waals surface area contributed by atoms with E-state index in [0.717, 1.165) is 34.5 Å². The van der Waals surface area contributed by atoms with Crippen LogP contribution >= 0.6 is 0 Å². The zero-order chi connectivity index (χ0) is 23.3. The van der Waals surface area contributed by atoms with Crippen molar-refractivity contribution in [1.82, 2.24) is 15.3 Å². The molecule has 5 N–H and O–H groups in total. The molecule has 0 aliphatic rings. The minimum absolute atomic E-state index is 0.0776. The minimum atomic E-state index is -0.0776. The molecule has 0 atom stereocenters. The second-order valence-corrected chi connectivity index (χ2v) is 7.91. The molecule has 1 heterocycles. The van der Waals surface area contributed by atoms with E-state index in [1.165, 1.54) is 0 Å². The molecular weight excluding hydrogens is 390 g/mol. The number of carbonyl (C=O) groups excluding carboxylic acids is 1. The van der Waals surface area contributed by atoms with Gasteiger partial charge in [0.05, 0.1) is 0 Å². The standard InChI is InChI=1S/C23H33N7O/c1-13(2)19-20(24)28-23(25)29-21(19)27-12-14(3)10-11-30(7)18-9-8-17(22(31)26-6)15(4)16(18)5/h8-9,12-13H,3,10-11H2,1-2,4-7H3,(H,26,31)(H4,24,25,28,29)/b27-12-. The molecule has 0 radical (unpaired) electrons. The highest BCUT2D eigenvalue weighted by molar-refractivity contribution is 5.96. The first kappa shape index (κ1) is 23.9. The van der Waals surface area contributed by atoms with Gasteiger partial charge in [0.2, 0.25) is 5.95 Å². The molecule has 0 saturated carbocycles. The Kier molecular flexibility index (Phi) is 7.74. The number of rotatable bonds is 8. The van der Waals surface area contributed by atoms with Crippen molar-refractivity contribution in [2.24, 2.45) is 4.99 Å². The normalized spacial score (nSPS) is 11.2. The number of amides is 1. The fourth-order valence-electron chi connectivity index (χ4n) is 3.39. The highest BCUT2D eigenvalue weighted by Gasteiger charge is 2.15. The number of nitrogens with two attached hydrogens (primary N) is 2. The van der Waals surface area contributed by atoms with Gasteiger partial charge in [-0.2, -0.15) is 9.97 Å². The van der Waals surface area contributed by atoms with E-state index in [4.69, 9.17) is 11.5 Å². The predicted octanol–water partition coefficient (Wildman–Crippen LogP) is 3.53. The van der Waals surface area contributed by atoms with E-state index >= 15 is 0 Å². The monoisotopic (exact) mass is 423 g/mol. The summed E-state index contributed by atoms with van der Waals surface area (Å²) in [5, 5.41) is 2.68. The maximum Gasteiger partial charge on any atom is 0.251 e. The van der Waals surface area contributed by atoms with Gasteiger partial charge in [-0.1, -0.05) is 20.4 Å². The zero-order valence-electron chi connectivity index (χ0n) is 19.3. The summed E-state index contributed by atoms with van der Waals surface area (Å²) in [6.45, 7) is 12.9. The molecular formula is C23H33N7O. The van der Waals surface area contributed by atoms with Crippen LogP contribution in [0.25, 0.3) is 0 Å². The van der Waals surface area contributed by atoms with Gasteiger partial charge < -0.3 is 21.7 Å². The number of nitrogens with one attached hydrogen (secondary N) is 1. The average Bonchev–Trinajstić information content (AvgIpc) is 2.70. The fraction of sp³-hybridized carbons (Fsp3) is 0.391. The first-order chi connectivity index (χ1) is 14.6. The quantitative estimate of drug-likeness (QED) is 0.558. The number of anilines is 3. The molecule has 0 saturated heterocycles. The van der Waals surface area contributed by atoms with Crippen LogP contribution in [-0.4, -0.2) is 42.7 Å². The third-order valence-electron chi connectivity index (χ3n) is 5.33. The summed E-state index contributed by atoms with van der Waals surface area (Å²) in [5.74, 6) is 0.976. The number of carbonyl (C=O) groups is 1. The van der Waals surface area contributed by atoms with Gasteiger partial charge in [-0.05, 0) is 55.0 Å². The van der Waals surface area contributed by atoms with Gasteiger partial charge in [-0.15, -0.1) is 0 Å². The summed E-state index contributed by atoms with van der Waals surface area (Å²) in [6.07, 6.45) is 2.41. The Bertz CT molecular complexity index is 1010. The van der Waals surface area contributed by atoms with Crippen molar-refractivity contribution in [2.45, 2.75) is 40.0 Å². The molecule has 2 aromatic rings. The Morgan fingerprint density at radius 3 is 2.55 bits per heavy atom. The third kappa shape index (κ3) is 5.59. The summed E-state index contributed by atoms with van der Waals surface area (Å²) in [6, 6.07) is 3.84. The summed E-state index contributed by atoms with van der Waals surface area (Å²) in [7, 11) is 3.66. The van der Waals surface area contributed by atoms with Gasteiger partial charge in [0, 0.05) is 43.7 Å². The number of nitrogen functional groups attached to an aromatic ring is 2. The third-order valence-corrected chi connectivity index (χ3v) is 5.33. The number of hydrogen-bond acceptors (Lipinski definition) is 7. The molecule has 166 valence electrons. The summed E-state index contributed by atoms with van der Waals surface area (Å²) in [5.41, 5.74) is 17.2. The molecule has 0 unspecified atom stereocenters. The van der Waals surface area contributed by atoms with Crippen LogP contribution in [-0.2, 0) is 0 Å². The molecule has 1 aromatic heterocycles. The number of aliphatic imine (C=N–C) groups is 1. The van der Waals surface area contributed by atoms with Gasteiger partial charge in [0.1, 0.15) is 5.82 Å². The van der Waals surface area contributed by atoms with Crippen molar-refractivity contribution < 1.29 is 4.79 Å². The van der Waals surface area contributed by atoms with Crippen molar-refractivity contribution in [2.75, 3.05) is 37.0 Å². The van der Waals surface area contributed by atoms with Crippen LogP contribution in [0.4, 0.5) is 23.3 Å². The molecule has 1 aromatic carbocycles. The Labute approximate surface area is 184 Å². The Morgan fingerprint density at radius 2 is 1.94 bits per heavy atom. The van der Waals surface area contributed by atoms with Crippen LogP contribution < -0.4 is 21.7 Å². The van der Waals surface area contributed by atoms with E-state index in [1.807, 2.05) is 46.9 Å². The maximum atomic E-state index is 12.0. The second-order valence-electron chi connectivity index (χ2n) is 7.91. The van der Waals surface area contributed by atoms with Gasteiger partial charge in [0.15, 0.2) is 5.82 Å². The van der Waals surface area contributed by atoms with Crippen molar-refractivity contribution in [3.63, 3.8) is 0 Å². The van der Waals surface area contributed by atoms with Crippen LogP contribution in [0.3, 0.4) is 0 Å². The maximum absolute atomic E-state index is 12.0. The Balaban J connectivity index is 2.10. The lowest BCUT2D eigenvalue weighted by atomic mass is 10.00. The van der Waals surface area contributed by atoms with Crippen LogP contribution in [0.1, 0.15) is 53.2 Å². The van der Waals surface area contributed by atoms with Crippen LogP contribution in [0.2, 0.25) is 0 Å². The van der Waals surface area contributed by atoms with Crippen LogP contribution in [0.15, 0.2) is 29.3 Å². The first-order valence-electron chi connectivity index (χ1n) is 10.2. The van der Waals surface area contributed by atoms with Crippen molar-refractivity contribution in [1.29, 1.82) is 0 Å². The molecule has 31 heavy (non-hydrogen) atoms.